The summed E-state index contributed by atoms with van der Waals surface area (Å²) in [7, 11) is -2.20. The number of nitrogens with zero attached hydrogens (tertiary/aromatic N) is 1. The molecule has 0 bridgehead atoms. The second kappa shape index (κ2) is 7.85. The van der Waals surface area contributed by atoms with Gasteiger partial charge in [-0.1, -0.05) is 30.3 Å². The van der Waals surface area contributed by atoms with Crippen LogP contribution in [-0.4, -0.2) is 38.3 Å². The highest BCUT2D eigenvalue weighted by atomic mass is 32.2. The Morgan fingerprint density at radius 3 is 2.48 bits per heavy atom. The largest absolute Gasteiger partial charge is 0.497 e. The highest BCUT2D eigenvalue weighted by molar-refractivity contribution is 7.89. The Morgan fingerprint density at radius 1 is 1.03 bits per heavy atom. The zero-order valence-corrected chi connectivity index (χ0v) is 16.9. The molecule has 29 heavy (non-hydrogen) atoms. The molecule has 0 aromatic heterocycles. The molecule has 1 N–H and O–H groups in total. The summed E-state index contributed by atoms with van der Waals surface area (Å²) < 4.78 is 32.9. The molecule has 3 aromatic rings. The van der Waals surface area contributed by atoms with Crippen LogP contribution in [0.3, 0.4) is 0 Å². The Morgan fingerprint density at radius 2 is 1.76 bits per heavy atom. The number of ether oxygens (including phenoxy) is 1. The lowest BCUT2D eigenvalue weighted by Crippen LogP contribution is -2.43. The molecule has 1 unspecified atom stereocenters. The van der Waals surface area contributed by atoms with Crippen LogP contribution in [-0.2, 0) is 14.8 Å². The minimum atomic E-state index is -3.77. The van der Waals surface area contributed by atoms with E-state index in [0.29, 0.717) is 30.8 Å². The minimum Gasteiger partial charge on any atom is -0.497 e. The molecule has 0 aliphatic carbocycles. The predicted octanol–water partition coefficient (Wildman–Crippen LogP) is 3.64. The summed E-state index contributed by atoms with van der Waals surface area (Å²) in [6.07, 6.45) is 1.14. The van der Waals surface area contributed by atoms with Gasteiger partial charge in [0.05, 0.1) is 12.0 Å². The van der Waals surface area contributed by atoms with Crippen LogP contribution in [0.15, 0.2) is 71.6 Å². The quantitative estimate of drug-likeness (QED) is 0.697. The number of hydrogen-bond acceptors (Lipinski definition) is 4. The Labute approximate surface area is 170 Å². The predicted molar refractivity (Wildman–Crippen MR) is 112 cm³/mol. The number of fused-ring (bicyclic) bond motifs is 1. The molecule has 4 rings (SSSR count). The van der Waals surface area contributed by atoms with Crippen molar-refractivity contribution in [3.05, 3.63) is 66.7 Å². The van der Waals surface area contributed by atoms with E-state index in [1.54, 1.807) is 49.6 Å². The summed E-state index contributed by atoms with van der Waals surface area (Å²) in [6.45, 7) is 0.329. The number of anilines is 1. The van der Waals surface area contributed by atoms with Crippen molar-refractivity contribution in [1.82, 2.24) is 4.31 Å². The molecule has 1 aliphatic rings. The van der Waals surface area contributed by atoms with Crippen LogP contribution >= 0.6 is 0 Å². The van der Waals surface area contributed by atoms with Crippen LogP contribution in [0.25, 0.3) is 10.8 Å². The van der Waals surface area contributed by atoms with Gasteiger partial charge < -0.3 is 10.1 Å². The van der Waals surface area contributed by atoms with Gasteiger partial charge in [-0.05, 0) is 60.0 Å². The molecule has 1 aliphatic heterocycles. The van der Waals surface area contributed by atoms with Gasteiger partial charge in [0.15, 0.2) is 0 Å². The first-order valence-corrected chi connectivity index (χ1v) is 10.9. The molecule has 1 amide bonds. The summed E-state index contributed by atoms with van der Waals surface area (Å²) in [5.74, 6) is 0.362. The van der Waals surface area contributed by atoms with E-state index < -0.39 is 16.1 Å². The molecule has 1 heterocycles. The molecule has 150 valence electrons. The van der Waals surface area contributed by atoms with Crippen LogP contribution in [0, 0.1) is 0 Å². The molecule has 7 heteroatoms. The van der Waals surface area contributed by atoms with Gasteiger partial charge in [-0.25, -0.2) is 8.42 Å². The van der Waals surface area contributed by atoms with Gasteiger partial charge in [0.1, 0.15) is 11.8 Å². The van der Waals surface area contributed by atoms with E-state index in [1.807, 2.05) is 24.3 Å². The number of rotatable bonds is 5. The number of methoxy groups -OCH3 is 1. The molecule has 0 saturated carbocycles. The monoisotopic (exact) mass is 410 g/mol. The van der Waals surface area contributed by atoms with Crippen molar-refractivity contribution in [2.45, 2.75) is 23.8 Å². The van der Waals surface area contributed by atoms with E-state index in [1.165, 1.54) is 4.31 Å². The second-order valence-electron chi connectivity index (χ2n) is 7.00. The van der Waals surface area contributed by atoms with Crippen LogP contribution in [0.2, 0.25) is 0 Å². The Balaban J connectivity index is 1.57. The number of sulfonamides is 1. The van der Waals surface area contributed by atoms with E-state index in [-0.39, 0.29) is 10.8 Å². The van der Waals surface area contributed by atoms with Crippen molar-refractivity contribution in [2.75, 3.05) is 19.0 Å². The third kappa shape index (κ3) is 3.83. The Kier molecular flexibility index (Phi) is 5.25. The highest BCUT2D eigenvalue weighted by Crippen LogP contribution is 2.29. The fourth-order valence-corrected chi connectivity index (χ4v) is 5.35. The van der Waals surface area contributed by atoms with Gasteiger partial charge >= 0.3 is 0 Å². The van der Waals surface area contributed by atoms with Gasteiger partial charge in [-0.3, -0.25) is 4.79 Å². The fourth-order valence-electron chi connectivity index (χ4n) is 3.65. The van der Waals surface area contributed by atoms with Gasteiger partial charge in [-0.2, -0.15) is 4.31 Å². The topological polar surface area (TPSA) is 75.7 Å². The lowest BCUT2D eigenvalue weighted by atomic mass is 10.1. The maximum Gasteiger partial charge on any atom is 0.243 e. The number of carbonyl (C=O) groups excluding carboxylic acids is 1. The van der Waals surface area contributed by atoms with E-state index in [4.69, 9.17) is 4.74 Å². The van der Waals surface area contributed by atoms with E-state index in [9.17, 15) is 13.2 Å². The summed E-state index contributed by atoms with van der Waals surface area (Å²) in [6, 6.07) is 18.9. The molecule has 1 saturated heterocycles. The van der Waals surface area contributed by atoms with E-state index >= 15 is 0 Å². The minimum absolute atomic E-state index is 0.209. The first-order valence-electron chi connectivity index (χ1n) is 9.44. The number of carbonyl (C=O) groups is 1. The fraction of sp³-hybridized carbons (Fsp3) is 0.227. The van der Waals surface area contributed by atoms with E-state index in [0.717, 1.165) is 10.8 Å². The normalized spacial score (nSPS) is 17.3. The Hall–Kier alpha value is -2.90. The van der Waals surface area contributed by atoms with Crippen LogP contribution in [0.4, 0.5) is 5.69 Å². The van der Waals surface area contributed by atoms with Crippen LogP contribution in [0.1, 0.15) is 12.8 Å². The molecule has 0 radical (unpaired) electrons. The molecular weight excluding hydrogens is 388 g/mol. The molecule has 3 aromatic carbocycles. The highest BCUT2D eigenvalue weighted by Gasteiger charge is 2.39. The summed E-state index contributed by atoms with van der Waals surface area (Å²) in [5, 5.41) is 4.65. The van der Waals surface area contributed by atoms with Crippen molar-refractivity contribution < 1.29 is 17.9 Å². The van der Waals surface area contributed by atoms with Crippen molar-refractivity contribution in [3.8, 4) is 5.75 Å². The van der Waals surface area contributed by atoms with Gasteiger partial charge in [0, 0.05) is 12.2 Å². The van der Waals surface area contributed by atoms with Gasteiger partial charge in [0.25, 0.3) is 0 Å². The number of benzene rings is 3. The maximum atomic E-state index is 13.3. The standard InChI is InChI=1S/C22H22N2O4S/c1-28-19-11-9-18(10-12-19)23-22(25)21-7-4-14-24(21)29(26,27)20-13-8-16-5-2-3-6-17(16)15-20/h2-3,5-6,8-13,15,21H,4,7,14H2,1H3,(H,23,25). The summed E-state index contributed by atoms with van der Waals surface area (Å²) in [4.78, 5) is 13.0. The third-order valence-electron chi connectivity index (χ3n) is 5.19. The first kappa shape index (κ1) is 19.4. The first-order chi connectivity index (χ1) is 14.0. The summed E-state index contributed by atoms with van der Waals surface area (Å²) in [5.41, 5.74) is 0.603. The zero-order valence-electron chi connectivity index (χ0n) is 16.0. The molecule has 1 atom stereocenters. The maximum absolute atomic E-state index is 13.3. The molecule has 1 fully saturated rings. The van der Waals surface area contributed by atoms with Gasteiger partial charge in [0.2, 0.25) is 15.9 Å². The molecule has 6 nitrogen and oxygen atoms in total. The summed E-state index contributed by atoms with van der Waals surface area (Å²) >= 11 is 0. The molecular formula is C22H22N2O4S. The van der Waals surface area contributed by atoms with Gasteiger partial charge in [-0.15, -0.1) is 0 Å². The van der Waals surface area contributed by atoms with Crippen LogP contribution in [0.5, 0.6) is 5.75 Å². The zero-order chi connectivity index (χ0) is 20.4. The average Bonchev–Trinajstić information content (AvgIpc) is 3.25. The van der Waals surface area contributed by atoms with Crippen molar-refractivity contribution in [2.24, 2.45) is 0 Å². The number of hydrogen-bond donors (Lipinski definition) is 1. The van der Waals surface area contributed by atoms with Crippen molar-refractivity contribution in [3.63, 3.8) is 0 Å². The van der Waals surface area contributed by atoms with Crippen molar-refractivity contribution in [1.29, 1.82) is 0 Å². The number of nitrogens with one attached hydrogen (secondary N) is 1. The smallest absolute Gasteiger partial charge is 0.243 e. The average molecular weight is 410 g/mol. The molecule has 0 spiro atoms. The Bertz CT molecular complexity index is 1140. The van der Waals surface area contributed by atoms with E-state index in [2.05, 4.69) is 5.32 Å². The lowest BCUT2D eigenvalue weighted by molar-refractivity contribution is -0.119. The van der Waals surface area contributed by atoms with Crippen molar-refractivity contribution >= 4 is 32.4 Å². The number of amides is 1. The second-order valence-corrected chi connectivity index (χ2v) is 8.89. The SMILES string of the molecule is COc1ccc(NC(=O)C2CCCN2S(=O)(=O)c2ccc3ccccc3c2)cc1. The lowest BCUT2D eigenvalue weighted by Gasteiger charge is -2.23. The third-order valence-corrected chi connectivity index (χ3v) is 7.10. The van der Waals surface area contributed by atoms with Crippen LogP contribution < -0.4 is 10.1 Å².